The fourth-order valence-electron chi connectivity index (χ4n) is 3.34. The molecule has 0 bridgehead atoms. The van der Waals surface area contributed by atoms with Crippen LogP contribution in [0.15, 0.2) is 35.2 Å². The number of aromatic nitrogens is 1. The molecule has 2 heterocycles. The first kappa shape index (κ1) is 21.9. The molecule has 0 aliphatic carbocycles. The van der Waals surface area contributed by atoms with Gasteiger partial charge in [0.15, 0.2) is 0 Å². The highest BCUT2D eigenvalue weighted by Gasteiger charge is 2.30. The summed E-state index contributed by atoms with van der Waals surface area (Å²) in [6.07, 6.45) is 1.47. The van der Waals surface area contributed by atoms with Gasteiger partial charge in [-0.2, -0.15) is 4.31 Å². The smallest absolute Gasteiger partial charge is 0.263 e. The van der Waals surface area contributed by atoms with Crippen molar-refractivity contribution in [2.75, 3.05) is 19.6 Å². The van der Waals surface area contributed by atoms with Crippen LogP contribution in [-0.2, 0) is 15.4 Å². The van der Waals surface area contributed by atoms with Gasteiger partial charge in [0, 0.05) is 25.0 Å². The Balaban J connectivity index is 1.54. The van der Waals surface area contributed by atoms with Gasteiger partial charge in [-0.05, 0) is 37.8 Å². The van der Waals surface area contributed by atoms with Crippen LogP contribution < -0.4 is 5.32 Å². The number of rotatable bonds is 5. The molecular weight excluding hydrogens is 406 g/mol. The number of nitrogens with one attached hydrogen (secondary N) is 1. The summed E-state index contributed by atoms with van der Waals surface area (Å²) in [6, 6.07) is 8.54. The minimum absolute atomic E-state index is 0.0783. The van der Waals surface area contributed by atoms with Gasteiger partial charge in [-0.3, -0.25) is 4.79 Å². The molecule has 0 saturated carbocycles. The lowest BCUT2D eigenvalue weighted by molar-refractivity contribution is 0.0944. The molecule has 1 aromatic heterocycles. The summed E-state index contributed by atoms with van der Waals surface area (Å²) >= 11 is 1.45. The van der Waals surface area contributed by atoms with Gasteiger partial charge in [-0.1, -0.05) is 39.0 Å². The van der Waals surface area contributed by atoms with Crippen LogP contribution in [0.3, 0.4) is 0 Å². The van der Waals surface area contributed by atoms with Gasteiger partial charge in [0.1, 0.15) is 4.88 Å². The average Bonchev–Trinajstić information content (AvgIpc) is 3.09. The molecule has 2 aromatic rings. The van der Waals surface area contributed by atoms with Crippen LogP contribution in [0.2, 0.25) is 0 Å². The summed E-state index contributed by atoms with van der Waals surface area (Å²) in [6.45, 7) is 9.64. The van der Waals surface area contributed by atoms with Crippen LogP contribution in [0.1, 0.15) is 54.0 Å². The molecule has 1 saturated heterocycles. The van der Waals surface area contributed by atoms with E-state index in [2.05, 4.69) is 31.1 Å². The maximum absolute atomic E-state index is 12.7. The monoisotopic (exact) mass is 435 g/mol. The highest BCUT2D eigenvalue weighted by molar-refractivity contribution is 7.89. The molecule has 1 N–H and O–H groups in total. The maximum atomic E-state index is 12.7. The van der Waals surface area contributed by atoms with Crippen LogP contribution in [0.25, 0.3) is 0 Å². The van der Waals surface area contributed by atoms with Crippen molar-refractivity contribution >= 4 is 27.3 Å². The first-order chi connectivity index (χ1) is 13.6. The van der Waals surface area contributed by atoms with Crippen LogP contribution in [0.5, 0.6) is 0 Å². The predicted octanol–water partition coefficient (Wildman–Crippen LogP) is 3.58. The molecular formula is C21H29N3O3S2. The third kappa shape index (κ3) is 5.05. The summed E-state index contributed by atoms with van der Waals surface area (Å²) in [4.78, 5) is 18.2. The summed E-state index contributed by atoms with van der Waals surface area (Å²) in [5.74, 6) is 0.186. The van der Waals surface area contributed by atoms with E-state index in [-0.39, 0.29) is 17.2 Å². The lowest BCUT2D eigenvalue weighted by Crippen LogP contribution is -2.41. The van der Waals surface area contributed by atoms with Crippen molar-refractivity contribution < 1.29 is 13.2 Å². The minimum Gasteiger partial charge on any atom is -0.351 e. The van der Waals surface area contributed by atoms with Crippen LogP contribution in [-0.4, -0.2) is 43.2 Å². The molecule has 0 spiro atoms. The van der Waals surface area contributed by atoms with E-state index in [1.165, 1.54) is 11.3 Å². The fourth-order valence-corrected chi connectivity index (χ4v) is 5.87. The Bertz CT molecular complexity index is 955. The largest absolute Gasteiger partial charge is 0.351 e. The standard InChI is InChI=1S/C21H29N3O3S2/c1-15-18(28-20(23-15)21(2,3)4)19(25)22-14-16-10-12-24(13-11-16)29(26,27)17-8-6-5-7-9-17/h5-9,16H,10-14H2,1-4H3,(H,22,25). The second-order valence-electron chi connectivity index (χ2n) is 8.55. The van der Waals surface area contributed by atoms with E-state index in [1.54, 1.807) is 28.6 Å². The maximum Gasteiger partial charge on any atom is 0.263 e. The lowest BCUT2D eigenvalue weighted by atomic mass is 9.98. The van der Waals surface area contributed by atoms with Gasteiger partial charge in [-0.15, -0.1) is 11.3 Å². The van der Waals surface area contributed by atoms with E-state index < -0.39 is 10.0 Å². The van der Waals surface area contributed by atoms with Gasteiger partial charge < -0.3 is 5.32 Å². The third-order valence-electron chi connectivity index (χ3n) is 5.15. The SMILES string of the molecule is Cc1nc(C(C)(C)C)sc1C(=O)NCC1CCN(S(=O)(=O)c2ccccc2)CC1. The van der Waals surface area contributed by atoms with Gasteiger partial charge in [0.05, 0.1) is 15.6 Å². The zero-order valence-electron chi connectivity index (χ0n) is 17.4. The number of hydrogen-bond acceptors (Lipinski definition) is 5. The fraction of sp³-hybridized carbons (Fsp3) is 0.524. The molecule has 29 heavy (non-hydrogen) atoms. The molecule has 0 atom stereocenters. The molecule has 6 nitrogen and oxygen atoms in total. The Morgan fingerprint density at radius 3 is 2.38 bits per heavy atom. The van der Waals surface area contributed by atoms with E-state index in [0.29, 0.717) is 29.4 Å². The summed E-state index contributed by atoms with van der Waals surface area (Å²) in [5, 5.41) is 3.98. The van der Waals surface area contributed by atoms with Crippen molar-refractivity contribution in [2.24, 2.45) is 5.92 Å². The van der Waals surface area contributed by atoms with E-state index in [0.717, 1.165) is 23.5 Å². The second kappa shape index (κ2) is 8.53. The van der Waals surface area contributed by atoms with Crippen LogP contribution in [0.4, 0.5) is 0 Å². The van der Waals surface area contributed by atoms with Crippen molar-refractivity contribution in [3.63, 3.8) is 0 Å². The molecule has 158 valence electrons. The number of carbonyl (C=O) groups excluding carboxylic acids is 1. The summed E-state index contributed by atoms with van der Waals surface area (Å²) in [7, 11) is -3.44. The quantitative estimate of drug-likeness (QED) is 0.779. The molecule has 3 rings (SSSR count). The number of carbonyl (C=O) groups is 1. The minimum atomic E-state index is -3.44. The topological polar surface area (TPSA) is 79.4 Å². The number of benzene rings is 1. The third-order valence-corrected chi connectivity index (χ3v) is 8.65. The van der Waals surface area contributed by atoms with E-state index >= 15 is 0 Å². The van der Waals surface area contributed by atoms with E-state index in [9.17, 15) is 13.2 Å². The Labute approximate surface area is 177 Å². The Kier molecular flexibility index (Phi) is 6.45. The van der Waals surface area contributed by atoms with Crippen LogP contribution in [0, 0.1) is 12.8 Å². The molecule has 8 heteroatoms. The Morgan fingerprint density at radius 1 is 1.21 bits per heavy atom. The highest BCUT2D eigenvalue weighted by Crippen LogP contribution is 2.29. The van der Waals surface area contributed by atoms with Gasteiger partial charge >= 0.3 is 0 Å². The van der Waals surface area contributed by atoms with Crippen molar-refractivity contribution in [2.45, 2.75) is 50.8 Å². The number of thiazole rings is 1. The number of sulfonamides is 1. The Morgan fingerprint density at radius 2 is 1.83 bits per heavy atom. The van der Waals surface area contributed by atoms with E-state index in [4.69, 9.17) is 0 Å². The zero-order chi connectivity index (χ0) is 21.2. The number of aryl methyl sites for hydroxylation is 1. The van der Waals surface area contributed by atoms with E-state index in [1.807, 2.05) is 13.0 Å². The molecule has 1 aromatic carbocycles. The van der Waals surface area contributed by atoms with Crippen molar-refractivity contribution in [3.8, 4) is 0 Å². The van der Waals surface area contributed by atoms with Gasteiger partial charge in [0.2, 0.25) is 10.0 Å². The number of nitrogens with zero attached hydrogens (tertiary/aromatic N) is 2. The Hall–Kier alpha value is -1.77. The van der Waals surface area contributed by atoms with Gasteiger partial charge in [0.25, 0.3) is 5.91 Å². The number of hydrogen-bond donors (Lipinski definition) is 1. The van der Waals surface area contributed by atoms with Crippen molar-refractivity contribution in [1.82, 2.24) is 14.6 Å². The molecule has 1 amide bonds. The molecule has 0 unspecified atom stereocenters. The summed E-state index contributed by atoms with van der Waals surface area (Å²) in [5.41, 5.74) is 0.687. The molecule has 1 fully saturated rings. The molecule has 1 aliphatic rings. The summed E-state index contributed by atoms with van der Waals surface area (Å²) < 4.78 is 27.0. The number of amides is 1. The normalized spacial score (nSPS) is 16.7. The highest BCUT2D eigenvalue weighted by atomic mass is 32.2. The molecule has 1 aliphatic heterocycles. The second-order valence-corrected chi connectivity index (χ2v) is 11.5. The lowest BCUT2D eigenvalue weighted by Gasteiger charge is -2.31. The number of piperidine rings is 1. The van der Waals surface area contributed by atoms with Gasteiger partial charge in [-0.25, -0.2) is 13.4 Å². The first-order valence-electron chi connectivity index (χ1n) is 9.90. The predicted molar refractivity (Wildman–Crippen MR) is 116 cm³/mol. The zero-order valence-corrected chi connectivity index (χ0v) is 19.1. The van der Waals surface area contributed by atoms with Crippen LogP contribution >= 0.6 is 11.3 Å². The molecule has 0 radical (unpaired) electrons. The van der Waals surface area contributed by atoms with Crippen molar-refractivity contribution in [3.05, 3.63) is 45.9 Å². The average molecular weight is 436 g/mol. The first-order valence-corrected chi connectivity index (χ1v) is 12.2. The van der Waals surface area contributed by atoms with Crippen molar-refractivity contribution in [1.29, 1.82) is 0 Å².